The smallest absolute Gasteiger partial charge is 0.262 e. The summed E-state index contributed by atoms with van der Waals surface area (Å²) in [5.41, 5.74) is 2.82. The molecule has 0 saturated heterocycles. The highest BCUT2D eigenvalue weighted by Crippen LogP contribution is 2.27. The van der Waals surface area contributed by atoms with Crippen LogP contribution in [-0.2, 0) is 4.79 Å². The molecule has 0 bridgehead atoms. The van der Waals surface area contributed by atoms with Crippen molar-refractivity contribution in [2.45, 2.75) is 12.1 Å². The number of methoxy groups -OCH3 is 1. The summed E-state index contributed by atoms with van der Waals surface area (Å²) in [7, 11) is 1.59. The highest BCUT2D eigenvalue weighted by Gasteiger charge is 2.14. The molecule has 0 unspecified atom stereocenters. The Balaban J connectivity index is 1.33. The van der Waals surface area contributed by atoms with E-state index in [2.05, 4.69) is 25.4 Å². The van der Waals surface area contributed by atoms with Crippen LogP contribution < -0.4 is 15.6 Å². The van der Waals surface area contributed by atoms with E-state index in [1.54, 1.807) is 23.9 Å². The molecule has 0 aliphatic carbocycles. The van der Waals surface area contributed by atoms with Crippen LogP contribution in [0.2, 0.25) is 0 Å². The third kappa shape index (κ3) is 4.32. The lowest BCUT2D eigenvalue weighted by Gasteiger charge is -2.06. The second-order valence-corrected chi connectivity index (χ2v) is 9.18. The molecule has 0 radical (unpaired) electrons. The van der Waals surface area contributed by atoms with Gasteiger partial charge < -0.3 is 15.0 Å². The van der Waals surface area contributed by atoms with E-state index in [1.807, 2.05) is 37.3 Å². The van der Waals surface area contributed by atoms with Gasteiger partial charge in [0.25, 0.3) is 5.56 Å². The van der Waals surface area contributed by atoms with Crippen LogP contribution in [-0.4, -0.2) is 43.5 Å². The third-order valence-electron chi connectivity index (χ3n) is 4.86. The second-order valence-electron chi connectivity index (χ2n) is 7.19. The normalized spacial score (nSPS) is 11.2. The van der Waals surface area contributed by atoms with E-state index in [9.17, 15) is 9.59 Å². The predicted molar refractivity (Wildman–Crippen MR) is 130 cm³/mol. The largest absolute Gasteiger partial charge is 0.497 e. The van der Waals surface area contributed by atoms with Crippen LogP contribution in [0.25, 0.3) is 26.9 Å². The molecule has 0 fully saturated rings. The fourth-order valence-corrected chi connectivity index (χ4v) is 4.89. The molecule has 0 aliphatic heterocycles. The van der Waals surface area contributed by atoms with Crippen LogP contribution in [0.5, 0.6) is 5.75 Å². The fraction of sp³-hybridized carbons (Fsp3) is 0.136. The second kappa shape index (κ2) is 8.68. The summed E-state index contributed by atoms with van der Waals surface area (Å²) in [4.78, 5) is 36.6. The summed E-state index contributed by atoms with van der Waals surface area (Å²) >= 11 is 2.56. The Kier molecular flexibility index (Phi) is 5.56. The highest BCUT2D eigenvalue weighted by molar-refractivity contribution is 7.99. The predicted octanol–water partition coefficient (Wildman–Crippen LogP) is 3.77. The lowest BCUT2D eigenvalue weighted by molar-refractivity contribution is -0.113. The summed E-state index contributed by atoms with van der Waals surface area (Å²) in [6.07, 6.45) is 1.47. The van der Waals surface area contributed by atoms with Gasteiger partial charge in [0.1, 0.15) is 11.1 Å². The topological polar surface area (TPSA) is 115 Å². The van der Waals surface area contributed by atoms with Gasteiger partial charge in [-0.2, -0.15) is 5.10 Å². The van der Waals surface area contributed by atoms with Crippen molar-refractivity contribution in [2.75, 3.05) is 18.2 Å². The van der Waals surface area contributed by atoms with Gasteiger partial charge in [-0.05, 0) is 48.9 Å². The van der Waals surface area contributed by atoms with Crippen molar-refractivity contribution in [2.24, 2.45) is 0 Å². The Bertz CT molecular complexity index is 1540. The maximum Gasteiger partial charge on any atom is 0.262 e. The van der Waals surface area contributed by atoms with Crippen molar-refractivity contribution >= 4 is 55.4 Å². The summed E-state index contributed by atoms with van der Waals surface area (Å²) in [6, 6.07) is 13.2. The van der Waals surface area contributed by atoms with Crippen LogP contribution >= 0.6 is 23.1 Å². The number of aryl methyl sites for hydroxylation is 1. The minimum absolute atomic E-state index is 0.0695. The highest BCUT2D eigenvalue weighted by atomic mass is 32.2. The maximum absolute atomic E-state index is 12.5. The number of anilines is 1. The van der Waals surface area contributed by atoms with Gasteiger partial charge in [-0.25, -0.2) is 14.6 Å². The van der Waals surface area contributed by atoms with Gasteiger partial charge in [0, 0.05) is 0 Å². The van der Waals surface area contributed by atoms with E-state index in [0.29, 0.717) is 27.1 Å². The van der Waals surface area contributed by atoms with Gasteiger partial charge in [0.15, 0.2) is 15.9 Å². The number of amides is 1. The first-order valence-corrected chi connectivity index (χ1v) is 11.7. The van der Waals surface area contributed by atoms with E-state index >= 15 is 0 Å². The SMILES string of the molecule is COc1ccc(-n2ncc3c(=O)[nH]c(SCC(=O)Nc4nc5ccc(C)cc5s4)nc32)cc1. The average Bonchev–Trinajstić information content (AvgIpc) is 3.41. The van der Waals surface area contributed by atoms with E-state index < -0.39 is 0 Å². The number of aromatic nitrogens is 5. The van der Waals surface area contributed by atoms with E-state index in [0.717, 1.165) is 33.2 Å². The molecular weight excluding hydrogens is 460 g/mol. The molecule has 1 amide bonds. The number of thiazole rings is 1. The van der Waals surface area contributed by atoms with Crippen molar-refractivity contribution in [3.8, 4) is 11.4 Å². The molecule has 0 spiro atoms. The fourth-order valence-electron chi connectivity index (χ4n) is 3.25. The standard InChI is InChI=1S/C22H18N6O3S2/c1-12-3-8-16-17(9-12)33-22(24-16)25-18(29)11-32-21-26-19-15(20(30)27-21)10-23-28(19)13-4-6-14(31-2)7-5-13/h3-10H,11H2,1-2H3,(H,24,25,29)(H,26,27,30). The van der Waals surface area contributed by atoms with Crippen molar-refractivity contribution in [1.29, 1.82) is 0 Å². The van der Waals surface area contributed by atoms with E-state index in [-0.39, 0.29) is 17.2 Å². The molecule has 3 heterocycles. The molecule has 9 nitrogen and oxygen atoms in total. The summed E-state index contributed by atoms with van der Waals surface area (Å²) in [5, 5.41) is 8.35. The molecule has 0 aliphatic rings. The molecule has 2 aromatic carbocycles. The Labute approximate surface area is 195 Å². The maximum atomic E-state index is 12.5. The van der Waals surface area contributed by atoms with Crippen LogP contribution in [0.1, 0.15) is 5.56 Å². The minimum atomic E-state index is -0.316. The van der Waals surface area contributed by atoms with Gasteiger partial charge >= 0.3 is 0 Å². The lowest BCUT2D eigenvalue weighted by atomic mass is 10.2. The Morgan fingerprint density at radius 3 is 2.82 bits per heavy atom. The Morgan fingerprint density at radius 1 is 1.21 bits per heavy atom. The number of H-pyrrole nitrogens is 1. The van der Waals surface area contributed by atoms with Crippen LogP contribution in [0.15, 0.2) is 58.6 Å². The first-order chi connectivity index (χ1) is 16.0. The van der Waals surface area contributed by atoms with Crippen molar-refractivity contribution in [1.82, 2.24) is 24.7 Å². The summed E-state index contributed by atoms with van der Waals surface area (Å²) < 4.78 is 7.78. The van der Waals surface area contributed by atoms with Crippen LogP contribution in [0.3, 0.4) is 0 Å². The molecular formula is C22H18N6O3S2. The zero-order chi connectivity index (χ0) is 22.9. The first kappa shape index (κ1) is 21.2. The van der Waals surface area contributed by atoms with Crippen LogP contribution in [0.4, 0.5) is 5.13 Å². The van der Waals surface area contributed by atoms with Gasteiger partial charge in [-0.3, -0.25) is 9.59 Å². The number of hydrogen-bond acceptors (Lipinski definition) is 8. The van der Waals surface area contributed by atoms with Crippen LogP contribution in [0, 0.1) is 6.92 Å². The minimum Gasteiger partial charge on any atom is -0.497 e. The van der Waals surface area contributed by atoms with Crippen molar-refractivity contribution in [3.63, 3.8) is 0 Å². The average molecular weight is 479 g/mol. The monoisotopic (exact) mass is 478 g/mol. The number of nitrogens with zero attached hydrogens (tertiary/aromatic N) is 4. The van der Waals surface area contributed by atoms with Crippen molar-refractivity contribution in [3.05, 3.63) is 64.6 Å². The Hall–Kier alpha value is -3.70. The molecule has 5 rings (SSSR count). The molecule has 5 aromatic rings. The molecule has 33 heavy (non-hydrogen) atoms. The number of rotatable bonds is 6. The van der Waals surface area contributed by atoms with Gasteiger partial charge in [-0.1, -0.05) is 29.2 Å². The molecule has 166 valence electrons. The zero-order valence-electron chi connectivity index (χ0n) is 17.7. The third-order valence-corrected chi connectivity index (χ3v) is 6.67. The molecule has 0 saturated carbocycles. The zero-order valence-corrected chi connectivity index (χ0v) is 19.3. The van der Waals surface area contributed by atoms with Crippen molar-refractivity contribution < 1.29 is 9.53 Å². The van der Waals surface area contributed by atoms with E-state index in [4.69, 9.17) is 4.74 Å². The number of hydrogen-bond donors (Lipinski definition) is 2. The number of carbonyl (C=O) groups excluding carboxylic acids is 1. The molecule has 11 heteroatoms. The number of fused-ring (bicyclic) bond motifs is 2. The first-order valence-electron chi connectivity index (χ1n) is 9.92. The number of thioether (sulfide) groups is 1. The number of nitrogens with one attached hydrogen (secondary N) is 2. The van der Waals surface area contributed by atoms with Gasteiger partial charge in [0.2, 0.25) is 5.91 Å². The van der Waals surface area contributed by atoms with Gasteiger partial charge in [0.05, 0.1) is 35.0 Å². The number of carbonyl (C=O) groups is 1. The number of aromatic amines is 1. The molecule has 0 atom stereocenters. The quantitative estimate of drug-likeness (QED) is 0.282. The van der Waals surface area contributed by atoms with E-state index in [1.165, 1.54) is 17.5 Å². The Morgan fingerprint density at radius 2 is 2.03 bits per heavy atom. The summed E-state index contributed by atoms with van der Waals surface area (Å²) in [6.45, 7) is 2.01. The number of benzene rings is 2. The molecule has 2 N–H and O–H groups in total. The molecule has 3 aromatic heterocycles. The van der Waals surface area contributed by atoms with Gasteiger partial charge in [-0.15, -0.1) is 0 Å². The lowest BCUT2D eigenvalue weighted by Crippen LogP contribution is -2.15. The number of ether oxygens (including phenoxy) is 1. The summed E-state index contributed by atoms with van der Waals surface area (Å²) in [5.74, 6) is 0.550.